The van der Waals surface area contributed by atoms with Gasteiger partial charge in [0.25, 0.3) is 0 Å². The summed E-state index contributed by atoms with van der Waals surface area (Å²) in [4.78, 5) is 14.1. The Morgan fingerprint density at radius 1 is 1.50 bits per heavy atom. The fourth-order valence-electron chi connectivity index (χ4n) is 1.62. The maximum Gasteiger partial charge on any atom is 0.226 e. The molecule has 5 nitrogen and oxygen atoms in total. The molecule has 1 unspecified atom stereocenters. The number of aromatic nitrogens is 1. The van der Waals surface area contributed by atoms with Crippen LogP contribution >= 0.6 is 22.9 Å². The maximum absolute atomic E-state index is 14.1. The summed E-state index contributed by atoms with van der Waals surface area (Å²) in [7, 11) is 0. The quantitative estimate of drug-likeness (QED) is 0.427. The van der Waals surface area contributed by atoms with Crippen LogP contribution in [0.2, 0.25) is 5.02 Å². The molecule has 1 aromatic heterocycles. The van der Waals surface area contributed by atoms with E-state index in [0.717, 1.165) is 6.29 Å². The zero-order valence-corrected chi connectivity index (χ0v) is 13.7. The van der Waals surface area contributed by atoms with Gasteiger partial charge in [0.1, 0.15) is 17.6 Å². The molecule has 2 aromatic rings. The van der Waals surface area contributed by atoms with Crippen LogP contribution in [-0.4, -0.2) is 22.4 Å². The van der Waals surface area contributed by atoms with Crippen molar-refractivity contribution < 1.29 is 13.7 Å². The van der Waals surface area contributed by atoms with Crippen LogP contribution in [0.3, 0.4) is 0 Å². The summed E-state index contributed by atoms with van der Waals surface area (Å²) in [6, 6.07) is 2.51. The van der Waals surface area contributed by atoms with Crippen LogP contribution in [0, 0.1) is 5.82 Å². The van der Waals surface area contributed by atoms with Gasteiger partial charge in [-0.25, -0.2) is 9.37 Å². The zero-order chi connectivity index (χ0) is 15.9. The molecule has 118 valence electrons. The predicted molar refractivity (Wildman–Crippen MR) is 87.3 cm³/mol. The minimum absolute atomic E-state index is 0.0429. The predicted octanol–water partition coefficient (Wildman–Crippen LogP) is 3.46. The van der Waals surface area contributed by atoms with E-state index in [1.165, 1.54) is 23.5 Å². The summed E-state index contributed by atoms with van der Waals surface area (Å²) < 4.78 is 28.8. The van der Waals surface area contributed by atoms with Crippen molar-refractivity contribution in [2.24, 2.45) is 0 Å². The normalized spacial score (nSPS) is 12.0. The number of nitrogens with zero attached hydrogens (tertiary/aromatic N) is 1. The number of nitrogens with one attached hydrogen (secondary N) is 2. The lowest BCUT2D eigenvalue weighted by molar-refractivity contribution is -0.107. The van der Waals surface area contributed by atoms with Crippen LogP contribution in [0.4, 0.5) is 15.2 Å². The number of anilines is 2. The van der Waals surface area contributed by atoms with Gasteiger partial charge < -0.3 is 14.7 Å². The lowest BCUT2D eigenvalue weighted by Gasteiger charge is -2.13. The molecule has 1 heterocycles. The highest BCUT2D eigenvalue weighted by Crippen LogP contribution is 2.29. The van der Waals surface area contributed by atoms with E-state index in [4.69, 9.17) is 11.6 Å². The van der Waals surface area contributed by atoms with Gasteiger partial charge in [-0.05, 0) is 6.42 Å². The lowest BCUT2D eigenvalue weighted by Crippen LogP contribution is -2.15. The molecular formula is C13H13ClFN3O2S2. The van der Waals surface area contributed by atoms with Crippen molar-refractivity contribution in [3.63, 3.8) is 0 Å². The van der Waals surface area contributed by atoms with E-state index in [9.17, 15) is 13.7 Å². The van der Waals surface area contributed by atoms with E-state index in [1.54, 1.807) is 11.6 Å². The highest BCUT2D eigenvalue weighted by atomic mass is 35.5. The van der Waals surface area contributed by atoms with Crippen molar-refractivity contribution in [1.29, 1.82) is 0 Å². The second-order valence-electron chi connectivity index (χ2n) is 4.21. The Balaban J connectivity index is 2.06. The van der Waals surface area contributed by atoms with Crippen molar-refractivity contribution in [3.05, 3.63) is 34.5 Å². The van der Waals surface area contributed by atoms with Gasteiger partial charge in [-0.2, -0.15) is 4.72 Å². The smallest absolute Gasteiger partial charge is 0.226 e. The third kappa shape index (κ3) is 4.57. The standard InChI is InChI=1S/C13H13ClFN3O2S2/c14-9-7-12(22(20)18-13-17-4-6-21-13)10(15)8-11(9)16-3-1-2-5-19/h4-8,16H,1-3H2,(H,17,18). The van der Waals surface area contributed by atoms with Crippen molar-refractivity contribution in [2.45, 2.75) is 17.7 Å². The highest BCUT2D eigenvalue weighted by molar-refractivity contribution is 7.93. The molecular weight excluding hydrogens is 349 g/mol. The number of unbranched alkanes of at least 4 members (excludes halogenated alkanes) is 1. The number of rotatable bonds is 8. The third-order valence-electron chi connectivity index (χ3n) is 2.65. The highest BCUT2D eigenvalue weighted by Gasteiger charge is 2.21. The molecule has 0 spiro atoms. The van der Waals surface area contributed by atoms with E-state index in [-0.39, 0.29) is 9.92 Å². The van der Waals surface area contributed by atoms with E-state index < -0.39 is 17.2 Å². The molecule has 0 radical (unpaired) electrons. The summed E-state index contributed by atoms with van der Waals surface area (Å²) in [5.41, 5.74) is 0.403. The van der Waals surface area contributed by atoms with Crippen LogP contribution in [0.1, 0.15) is 12.8 Å². The first kappa shape index (κ1) is 17.0. The largest absolute Gasteiger partial charge is 0.588 e. The molecule has 1 atom stereocenters. The number of thiazole rings is 1. The summed E-state index contributed by atoms with van der Waals surface area (Å²) in [5.74, 6) is -0.635. The van der Waals surface area contributed by atoms with Crippen LogP contribution in [0.15, 0.2) is 28.6 Å². The Kier molecular flexibility index (Phi) is 6.44. The van der Waals surface area contributed by atoms with Gasteiger partial charge in [-0.3, -0.25) is 0 Å². The molecule has 0 bridgehead atoms. The summed E-state index contributed by atoms with van der Waals surface area (Å²) >= 11 is 5.54. The third-order valence-corrected chi connectivity index (χ3v) is 4.87. The zero-order valence-electron chi connectivity index (χ0n) is 11.3. The van der Waals surface area contributed by atoms with Crippen LogP contribution in [0.25, 0.3) is 0 Å². The van der Waals surface area contributed by atoms with Gasteiger partial charge >= 0.3 is 0 Å². The Hall–Kier alpha value is -1.35. The van der Waals surface area contributed by atoms with Crippen LogP contribution < -0.4 is 10.0 Å². The van der Waals surface area contributed by atoms with E-state index in [2.05, 4.69) is 15.0 Å². The average Bonchev–Trinajstić information content (AvgIpc) is 2.99. The second kappa shape index (κ2) is 8.33. The number of hydrogen-bond acceptors (Lipinski definition) is 6. The van der Waals surface area contributed by atoms with Gasteiger partial charge in [-0.1, -0.05) is 11.6 Å². The summed E-state index contributed by atoms with van der Waals surface area (Å²) in [5, 5.41) is 5.35. The fourth-order valence-corrected chi connectivity index (χ4v) is 3.49. The molecule has 1 aromatic carbocycles. The minimum atomic E-state index is -1.79. The first-order valence-corrected chi connectivity index (χ1v) is 8.77. The van der Waals surface area contributed by atoms with Crippen molar-refractivity contribution >= 4 is 51.4 Å². The topological polar surface area (TPSA) is 77.1 Å². The van der Waals surface area contributed by atoms with Gasteiger partial charge in [-0.15, -0.1) is 11.3 Å². The monoisotopic (exact) mass is 361 g/mol. The average molecular weight is 362 g/mol. The first-order chi connectivity index (χ1) is 10.6. The number of hydrogen-bond donors (Lipinski definition) is 2. The molecule has 2 N–H and O–H groups in total. The number of aldehydes is 1. The first-order valence-electron chi connectivity index (χ1n) is 6.36. The molecule has 0 amide bonds. The van der Waals surface area contributed by atoms with E-state index >= 15 is 0 Å². The molecule has 0 aliphatic rings. The van der Waals surface area contributed by atoms with Crippen molar-refractivity contribution in [2.75, 3.05) is 16.6 Å². The molecule has 0 aliphatic heterocycles. The molecule has 9 heteroatoms. The van der Waals surface area contributed by atoms with Crippen molar-refractivity contribution in [1.82, 2.24) is 4.98 Å². The SMILES string of the molecule is O=CCCCNc1cc(F)c([S+]([O-])Nc2nccs2)cc1Cl. The Morgan fingerprint density at radius 3 is 3.00 bits per heavy atom. The Labute approximate surface area is 139 Å². The van der Waals surface area contributed by atoms with Crippen LogP contribution in [-0.2, 0) is 16.2 Å². The van der Waals surface area contributed by atoms with Gasteiger partial charge in [0, 0.05) is 36.7 Å². The van der Waals surface area contributed by atoms with E-state index in [0.29, 0.717) is 30.2 Å². The van der Waals surface area contributed by atoms with Gasteiger partial charge in [0.2, 0.25) is 10.0 Å². The lowest BCUT2D eigenvalue weighted by atomic mass is 10.3. The number of carbonyl (C=O) groups is 1. The Morgan fingerprint density at radius 2 is 2.32 bits per heavy atom. The molecule has 0 fully saturated rings. The molecule has 0 saturated carbocycles. The van der Waals surface area contributed by atoms with Gasteiger partial charge in [0.15, 0.2) is 5.82 Å². The number of carbonyl (C=O) groups excluding carboxylic acids is 1. The second-order valence-corrected chi connectivity index (χ2v) is 6.69. The van der Waals surface area contributed by atoms with Gasteiger partial charge in [0.05, 0.1) is 10.7 Å². The Bertz CT molecular complexity index is 628. The summed E-state index contributed by atoms with van der Waals surface area (Å²) in [6.45, 7) is 0.498. The molecule has 2 rings (SSSR count). The van der Waals surface area contributed by atoms with Crippen LogP contribution in [0.5, 0.6) is 0 Å². The van der Waals surface area contributed by atoms with E-state index in [1.807, 2.05) is 0 Å². The fraction of sp³-hybridized carbons (Fsp3) is 0.231. The minimum Gasteiger partial charge on any atom is -0.588 e. The number of benzene rings is 1. The molecule has 22 heavy (non-hydrogen) atoms. The number of halogens is 2. The molecule has 0 saturated heterocycles. The maximum atomic E-state index is 14.1. The summed E-state index contributed by atoms with van der Waals surface area (Å²) in [6.07, 6.45) is 3.42. The molecule has 0 aliphatic carbocycles. The van der Waals surface area contributed by atoms with Crippen molar-refractivity contribution in [3.8, 4) is 0 Å².